The van der Waals surface area contributed by atoms with E-state index >= 15 is 0 Å². The second kappa shape index (κ2) is 6.83. The highest BCUT2D eigenvalue weighted by atomic mass is 16.5. The van der Waals surface area contributed by atoms with E-state index in [1.807, 2.05) is 0 Å². The van der Waals surface area contributed by atoms with E-state index < -0.39 is 0 Å². The lowest BCUT2D eigenvalue weighted by molar-refractivity contribution is 0.0482. The Morgan fingerprint density at radius 2 is 2.10 bits per heavy atom. The largest absolute Gasteiger partial charge is 0.480 e. The zero-order chi connectivity index (χ0) is 14.4. The molecular formula is C12H16N4O4. The van der Waals surface area contributed by atoms with Gasteiger partial charge in [0.25, 0.3) is 0 Å². The lowest BCUT2D eigenvalue weighted by atomic mass is 10.2. The zero-order valence-electron chi connectivity index (χ0n) is 11.3. The highest BCUT2D eigenvalue weighted by molar-refractivity contribution is 5.63. The molecule has 0 unspecified atom stereocenters. The van der Waals surface area contributed by atoms with Crippen molar-refractivity contribution in [2.45, 2.75) is 6.73 Å². The first-order valence-electron chi connectivity index (χ1n) is 5.94. The van der Waals surface area contributed by atoms with Crippen LogP contribution in [0, 0.1) is 0 Å². The van der Waals surface area contributed by atoms with Crippen LogP contribution in [0.25, 0.3) is 11.3 Å². The van der Waals surface area contributed by atoms with Gasteiger partial charge in [0.2, 0.25) is 5.88 Å². The molecule has 20 heavy (non-hydrogen) atoms. The molecule has 0 spiro atoms. The number of methoxy groups -OCH3 is 2. The van der Waals surface area contributed by atoms with Gasteiger partial charge in [0, 0.05) is 12.4 Å². The summed E-state index contributed by atoms with van der Waals surface area (Å²) in [5.41, 5.74) is 1.33. The molecule has 8 nitrogen and oxygen atoms in total. The number of hydrogen-bond donors (Lipinski definition) is 1. The normalized spacial score (nSPS) is 10.6. The van der Waals surface area contributed by atoms with Crippen molar-refractivity contribution in [3.63, 3.8) is 0 Å². The second-order valence-corrected chi connectivity index (χ2v) is 3.81. The van der Waals surface area contributed by atoms with Gasteiger partial charge in [-0.3, -0.25) is 0 Å². The van der Waals surface area contributed by atoms with Crippen LogP contribution in [0.2, 0.25) is 0 Å². The van der Waals surface area contributed by atoms with E-state index in [0.29, 0.717) is 23.9 Å². The molecule has 1 N–H and O–H groups in total. The molecule has 2 heterocycles. The van der Waals surface area contributed by atoms with Crippen LogP contribution in [0.5, 0.6) is 11.9 Å². The first kappa shape index (κ1) is 14.2. The number of ether oxygens (including phenoxy) is 3. The summed E-state index contributed by atoms with van der Waals surface area (Å²) in [7, 11) is 3.01. The van der Waals surface area contributed by atoms with Crippen molar-refractivity contribution < 1.29 is 19.3 Å². The minimum absolute atomic E-state index is 0.0122. The van der Waals surface area contributed by atoms with Crippen molar-refractivity contribution in [3.05, 3.63) is 18.7 Å². The summed E-state index contributed by atoms with van der Waals surface area (Å²) in [6, 6.07) is 0.233. The highest BCUT2D eigenvalue weighted by Gasteiger charge is 2.12. The lowest BCUT2D eigenvalue weighted by Crippen LogP contribution is -2.03. The molecule has 0 bridgehead atoms. The second-order valence-electron chi connectivity index (χ2n) is 3.81. The van der Waals surface area contributed by atoms with Crippen molar-refractivity contribution in [1.82, 2.24) is 19.5 Å². The first-order chi connectivity index (χ1) is 9.78. The number of imidazole rings is 1. The minimum atomic E-state index is -0.0122. The Hall–Kier alpha value is -2.19. The fourth-order valence-corrected chi connectivity index (χ4v) is 1.58. The van der Waals surface area contributed by atoms with Crippen LogP contribution < -0.4 is 9.47 Å². The molecule has 0 aromatic carbocycles. The van der Waals surface area contributed by atoms with Gasteiger partial charge in [0.15, 0.2) is 0 Å². The van der Waals surface area contributed by atoms with Gasteiger partial charge in [0.05, 0.1) is 45.0 Å². The zero-order valence-corrected chi connectivity index (χ0v) is 11.3. The van der Waals surface area contributed by atoms with E-state index in [1.54, 1.807) is 23.3 Å². The Balaban J connectivity index is 2.18. The van der Waals surface area contributed by atoms with Gasteiger partial charge in [-0.15, -0.1) is 0 Å². The van der Waals surface area contributed by atoms with E-state index in [0.717, 1.165) is 0 Å². The summed E-state index contributed by atoms with van der Waals surface area (Å²) < 4.78 is 17.1. The Morgan fingerprint density at radius 3 is 2.80 bits per heavy atom. The van der Waals surface area contributed by atoms with Gasteiger partial charge in [-0.25, -0.2) is 9.97 Å². The molecule has 0 aliphatic rings. The van der Waals surface area contributed by atoms with Crippen molar-refractivity contribution in [1.29, 1.82) is 0 Å². The summed E-state index contributed by atoms with van der Waals surface area (Å²) >= 11 is 0. The molecule has 0 atom stereocenters. The van der Waals surface area contributed by atoms with Crippen LogP contribution in [-0.4, -0.2) is 52.1 Å². The fraction of sp³-hybridized carbons (Fsp3) is 0.417. The summed E-state index contributed by atoms with van der Waals surface area (Å²) in [4.78, 5) is 12.4. The number of rotatable bonds is 7. The number of hydrogen-bond acceptors (Lipinski definition) is 7. The van der Waals surface area contributed by atoms with Crippen LogP contribution in [0.3, 0.4) is 0 Å². The molecule has 0 fully saturated rings. The summed E-state index contributed by atoms with van der Waals surface area (Å²) in [6.45, 7) is 0.580. The number of nitrogens with zero attached hydrogens (tertiary/aromatic N) is 4. The van der Waals surface area contributed by atoms with E-state index in [4.69, 9.17) is 19.3 Å². The molecule has 8 heteroatoms. The Bertz CT molecular complexity index is 558. The predicted octanol–water partition coefficient (Wildman–Crippen LogP) is 0.324. The van der Waals surface area contributed by atoms with Crippen LogP contribution in [-0.2, 0) is 11.5 Å². The summed E-state index contributed by atoms with van der Waals surface area (Å²) in [6.07, 6.45) is 4.99. The Labute approximate surface area is 116 Å². The van der Waals surface area contributed by atoms with Gasteiger partial charge in [-0.05, 0) is 0 Å². The third-order valence-electron chi connectivity index (χ3n) is 2.49. The molecule has 0 aliphatic carbocycles. The molecule has 0 amide bonds. The van der Waals surface area contributed by atoms with Crippen LogP contribution in [0.15, 0.2) is 18.7 Å². The number of aliphatic hydroxyl groups is 1. The van der Waals surface area contributed by atoms with Gasteiger partial charge < -0.3 is 23.9 Å². The molecule has 0 saturated carbocycles. The lowest BCUT2D eigenvalue weighted by Gasteiger charge is -2.06. The molecule has 2 aromatic heterocycles. The number of aliphatic hydroxyl groups excluding tert-OH is 1. The maximum atomic E-state index is 8.65. The van der Waals surface area contributed by atoms with Crippen LogP contribution in [0.1, 0.15) is 0 Å². The van der Waals surface area contributed by atoms with Crippen LogP contribution >= 0.6 is 0 Å². The van der Waals surface area contributed by atoms with Gasteiger partial charge in [-0.1, -0.05) is 0 Å². The quantitative estimate of drug-likeness (QED) is 0.730. The smallest absolute Gasteiger partial charge is 0.319 e. The van der Waals surface area contributed by atoms with Gasteiger partial charge >= 0.3 is 6.01 Å². The van der Waals surface area contributed by atoms with E-state index in [-0.39, 0.29) is 19.2 Å². The third-order valence-corrected chi connectivity index (χ3v) is 2.49. The van der Waals surface area contributed by atoms with Crippen molar-refractivity contribution >= 4 is 0 Å². The number of aromatic nitrogens is 4. The highest BCUT2D eigenvalue weighted by Crippen LogP contribution is 2.27. The first-order valence-corrected chi connectivity index (χ1v) is 5.94. The minimum Gasteiger partial charge on any atom is -0.480 e. The Kier molecular flexibility index (Phi) is 4.85. The predicted molar refractivity (Wildman–Crippen MR) is 69.4 cm³/mol. The molecule has 2 rings (SSSR count). The molecule has 2 aromatic rings. The average molecular weight is 280 g/mol. The van der Waals surface area contributed by atoms with Crippen LogP contribution in [0.4, 0.5) is 0 Å². The third kappa shape index (κ3) is 3.22. The average Bonchev–Trinajstić information content (AvgIpc) is 2.95. The van der Waals surface area contributed by atoms with E-state index in [9.17, 15) is 0 Å². The van der Waals surface area contributed by atoms with Crippen molar-refractivity contribution in [2.24, 2.45) is 0 Å². The maximum absolute atomic E-state index is 8.65. The Morgan fingerprint density at radius 1 is 1.25 bits per heavy atom. The molecule has 0 aliphatic heterocycles. The molecular weight excluding hydrogens is 264 g/mol. The summed E-state index contributed by atoms with van der Waals surface area (Å²) in [5, 5.41) is 8.65. The molecule has 0 radical (unpaired) electrons. The van der Waals surface area contributed by atoms with Gasteiger partial charge in [-0.2, -0.15) is 4.98 Å². The van der Waals surface area contributed by atoms with Crippen molar-refractivity contribution in [2.75, 3.05) is 27.4 Å². The fourth-order valence-electron chi connectivity index (χ4n) is 1.58. The summed E-state index contributed by atoms with van der Waals surface area (Å²) in [5.74, 6) is 0.387. The van der Waals surface area contributed by atoms with E-state index in [1.165, 1.54) is 14.2 Å². The monoisotopic (exact) mass is 280 g/mol. The standard InChI is InChI=1S/C12H16N4O4/c1-18-11-9(5-13-12(15-11)19-2)10-6-16(7-14-10)8-20-4-3-17/h5-7,17H,3-4,8H2,1-2H3. The van der Waals surface area contributed by atoms with E-state index in [2.05, 4.69) is 15.0 Å². The van der Waals surface area contributed by atoms with Crippen molar-refractivity contribution in [3.8, 4) is 23.1 Å². The maximum Gasteiger partial charge on any atom is 0.319 e. The molecule has 0 saturated heterocycles. The van der Waals surface area contributed by atoms with Gasteiger partial charge in [0.1, 0.15) is 6.73 Å². The topological polar surface area (TPSA) is 91.5 Å². The molecule has 108 valence electrons. The SMILES string of the molecule is COc1ncc(-c2cn(COCCO)cn2)c(OC)n1.